The van der Waals surface area contributed by atoms with Crippen LogP contribution in [0.1, 0.15) is 15.9 Å². The van der Waals surface area contributed by atoms with Crippen molar-refractivity contribution in [3.63, 3.8) is 0 Å². The summed E-state index contributed by atoms with van der Waals surface area (Å²) in [5.74, 6) is -0.945. The Morgan fingerprint density at radius 2 is 1.76 bits per heavy atom. The summed E-state index contributed by atoms with van der Waals surface area (Å²) in [6.45, 7) is 0.0643. The quantitative estimate of drug-likeness (QED) is 0.747. The number of anilines is 2. The maximum absolute atomic E-state index is 13.5. The van der Waals surface area contributed by atoms with Gasteiger partial charge in [-0.1, -0.05) is 24.3 Å². The maximum atomic E-state index is 13.5. The van der Waals surface area contributed by atoms with Crippen molar-refractivity contribution in [1.82, 2.24) is 15.3 Å². The second kappa shape index (κ2) is 7.48. The van der Waals surface area contributed by atoms with Crippen molar-refractivity contribution in [3.05, 3.63) is 83.7 Å². The number of amides is 1. The van der Waals surface area contributed by atoms with Crippen LogP contribution >= 0.6 is 0 Å². The molecule has 0 fully saturated rings. The highest BCUT2D eigenvalue weighted by Crippen LogP contribution is 2.13. The van der Waals surface area contributed by atoms with Crippen molar-refractivity contribution in [2.45, 2.75) is 6.54 Å². The molecule has 1 aromatic heterocycles. The molecule has 2 aromatic carbocycles. The van der Waals surface area contributed by atoms with Gasteiger partial charge in [0, 0.05) is 30.2 Å². The van der Waals surface area contributed by atoms with Gasteiger partial charge in [0.2, 0.25) is 5.95 Å². The Hall–Kier alpha value is -3.35. The summed E-state index contributed by atoms with van der Waals surface area (Å²) in [7, 11) is 0. The summed E-state index contributed by atoms with van der Waals surface area (Å²) in [5.41, 5.74) is 1.12. The summed E-state index contributed by atoms with van der Waals surface area (Å²) >= 11 is 0. The summed E-state index contributed by atoms with van der Waals surface area (Å²) in [4.78, 5) is 20.1. The molecule has 0 aliphatic heterocycles. The average molecular weight is 340 g/mol. The number of benzene rings is 2. The van der Waals surface area contributed by atoms with Crippen molar-refractivity contribution >= 4 is 17.5 Å². The summed E-state index contributed by atoms with van der Waals surface area (Å²) in [5, 5.41) is 5.44. The minimum atomic E-state index is -0.416. The third-order valence-corrected chi connectivity index (χ3v) is 3.39. The molecule has 0 saturated heterocycles. The number of nitrogens with one attached hydrogen (secondary N) is 2. The first kappa shape index (κ1) is 16.5. The number of hydrogen-bond acceptors (Lipinski definition) is 4. The lowest BCUT2D eigenvalue weighted by Gasteiger charge is -2.07. The van der Waals surface area contributed by atoms with Gasteiger partial charge in [-0.25, -0.2) is 18.7 Å². The predicted octanol–water partition coefficient (Wildman–Crippen LogP) is 3.43. The highest BCUT2D eigenvalue weighted by molar-refractivity contribution is 5.93. The number of hydrogen-bond donors (Lipinski definition) is 2. The molecule has 0 unspecified atom stereocenters. The van der Waals surface area contributed by atoms with Gasteiger partial charge in [0.25, 0.3) is 5.91 Å². The van der Waals surface area contributed by atoms with Gasteiger partial charge in [0.1, 0.15) is 11.6 Å². The SMILES string of the molecule is O=C(NCc1ccccc1F)c1cnc(Nc2cccc(F)c2)nc1. The molecule has 25 heavy (non-hydrogen) atoms. The van der Waals surface area contributed by atoms with E-state index in [1.165, 1.54) is 30.6 Å². The Morgan fingerprint density at radius 1 is 1.00 bits per heavy atom. The molecule has 0 aliphatic rings. The van der Waals surface area contributed by atoms with Crippen LogP contribution in [-0.2, 0) is 6.54 Å². The van der Waals surface area contributed by atoms with E-state index in [-0.39, 0.29) is 29.7 Å². The van der Waals surface area contributed by atoms with Crippen molar-refractivity contribution in [1.29, 1.82) is 0 Å². The van der Waals surface area contributed by atoms with Gasteiger partial charge in [-0.2, -0.15) is 0 Å². The van der Waals surface area contributed by atoms with Gasteiger partial charge in [-0.05, 0) is 24.3 Å². The van der Waals surface area contributed by atoms with E-state index in [4.69, 9.17) is 0 Å². The Kier molecular flexibility index (Phi) is 4.94. The Morgan fingerprint density at radius 3 is 2.48 bits per heavy atom. The Balaban J connectivity index is 1.61. The molecule has 0 radical (unpaired) electrons. The van der Waals surface area contributed by atoms with Crippen LogP contribution < -0.4 is 10.6 Å². The van der Waals surface area contributed by atoms with Crippen LogP contribution in [0.4, 0.5) is 20.4 Å². The molecule has 3 rings (SSSR count). The van der Waals surface area contributed by atoms with Crippen LogP contribution in [-0.4, -0.2) is 15.9 Å². The van der Waals surface area contributed by atoms with Crippen LogP contribution in [0, 0.1) is 11.6 Å². The molecule has 1 amide bonds. The molecule has 0 atom stereocenters. The van der Waals surface area contributed by atoms with E-state index in [1.54, 1.807) is 30.3 Å². The van der Waals surface area contributed by atoms with Crippen LogP contribution in [0.15, 0.2) is 60.9 Å². The predicted molar refractivity (Wildman–Crippen MR) is 89.3 cm³/mol. The van der Waals surface area contributed by atoms with E-state index in [1.807, 2.05) is 0 Å². The van der Waals surface area contributed by atoms with Crippen molar-refractivity contribution in [2.75, 3.05) is 5.32 Å². The molecule has 126 valence electrons. The van der Waals surface area contributed by atoms with Gasteiger partial charge >= 0.3 is 0 Å². The second-order valence-corrected chi connectivity index (χ2v) is 5.20. The fourth-order valence-corrected chi connectivity index (χ4v) is 2.12. The van der Waals surface area contributed by atoms with E-state index in [2.05, 4.69) is 20.6 Å². The highest BCUT2D eigenvalue weighted by atomic mass is 19.1. The lowest BCUT2D eigenvalue weighted by Crippen LogP contribution is -2.23. The molecule has 7 heteroatoms. The Labute approximate surface area is 142 Å². The van der Waals surface area contributed by atoms with Crippen LogP contribution in [0.5, 0.6) is 0 Å². The maximum Gasteiger partial charge on any atom is 0.254 e. The van der Waals surface area contributed by atoms with Gasteiger partial charge in [-0.3, -0.25) is 4.79 Å². The molecular weight excluding hydrogens is 326 g/mol. The largest absolute Gasteiger partial charge is 0.348 e. The standard InChI is InChI=1S/C18H14F2N4O/c19-14-5-3-6-15(8-14)24-18-22-10-13(11-23-18)17(25)21-9-12-4-1-2-7-16(12)20/h1-8,10-11H,9H2,(H,21,25)(H,22,23,24). The number of carbonyl (C=O) groups is 1. The lowest BCUT2D eigenvalue weighted by molar-refractivity contribution is 0.0950. The molecular formula is C18H14F2N4O. The number of carbonyl (C=O) groups excluding carboxylic acids is 1. The second-order valence-electron chi connectivity index (χ2n) is 5.20. The summed E-state index contributed by atoms with van der Waals surface area (Å²) < 4.78 is 26.7. The van der Waals surface area contributed by atoms with E-state index in [9.17, 15) is 13.6 Å². The van der Waals surface area contributed by atoms with Crippen LogP contribution in [0.25, 0.3) is 0 Å². The monoisotopic (exact) mass is 340 g/mol. The van der Waals surface area contributed by atoms with Gasteiger partial charge < -0.3 is 10.6 Å². The minimum absolute atomic E-state index is 0.0643. The van der Waals surface area contributed by atoms with Crippen molar-refractivity contribution in [2.24, 2.45) is 0 Å². The topological polar surface area (TPSA) is 66.9 Å². The lowest BCUT2D eigenvalue weighted by atomic mass is 10.2. The molecule has 1 heterocycles. The zero-order valence-electron chi connectivity index (χ0n) is 13.0. The van der Waals surface area contributed by atoms with E-state index < -0.39 is 5.91 Å². The van der Waals surface area contributed by atoms with E-state index in [0.717, 1.165) is 0 Å². The highest BCUT2D eigenvalue weighted by Gasteiger charge is 2.09. The summed E-state index contributed by atoms with van der Waals surface area (Å²) in [6.07, 6.45) is 2.68. The zero-order valence-corrected chi connectivity index (χ0v) is 13.0. The van der Waals surface area contributed by atoms with E-state index >= 15 is 0 Å². The average Bonchev–Trinajstić information content (AvgIpc) is 2.61. The normalized spacial score (nSPS) is 10.3. The molecule has 0 spiro atoms. The number of rotatable bonds is 5. The smallest absolute Gasteiger partial charge is 0.254 e. The zero-order chi connectivity index (χ0) is 17.6. The fraction of sp³-hybridized carbons (Fsp3) is 0.0556. The molecule has 2 N–H and O–H groups in total. The Bertz CT molecular complexity index is 884. The number of nitrogens with zero attached hydrogens (tertiary/aromatic N) is 2. The molecule has 0 aliphatic carbocycles. The third kappa shape index (κ3) is 4.35. The van der Waals surface area contributed by atoms with Gasteiger partial charge in [0.05, 0.1) is 5.56 Å². The fourth-order valence-electron chi connectivity index (χ4n) is 2.12. The van der Waals surface area contributed by atoms with Crippen LogP contribution in [0.2, 0.25) is 0 Å². The van der Waals surface area contributed by atoms with Crippen molar-refractivity contribution < 1.29 is 13.6 Å². The molecule has 0 bridgehead atoms. The van der Waals surface area contributed by atoms with Crippen molar-refractivity contribution in [3.8, 4) is 0 Å². The van der Waals surface area contributed by atoms with Gasteiger partial charge in [-0.15, -0.1) is 0 Å². The van der Waals surface area contributed by atoms with E-state index in [0.29, 0.717) is 11.3 Å². The number of aromatic nitrogens is 2. The van der Waals surface area contributed by atoms with Gasteiger partial charge in [0.15, 0.2) is 0 Å². The number of halogens is 2. The first-order valence-electron chi connectivity index (χ1n) is 7.48. The molecule has 0 saturated carbocycles. The molecule has 5 nitrogen and oxygen atoms in total. The molecule has 3 aromatic rings. The first-order valence-corrected chi connectivity index (χ1v) is 7.48. The van der Waals surface area contributed by atoms with Crippen LogP contribution in [0.3, 0.4) is 0 Å². The first-order chi connectivity index (χ1) is 12.1. The summed E-state index contributed by atoms with van der Waals surface area (Å²) in [6, 6.07) is 12.1. The third-order valence-electron chi connectivity index (χ3n) is 3.39. The minimum Gasteiger partial charge on any atom is -0.348 e.